The van der Waals surface area contributed by atoms with Gasteiger partial charge in [-0.05, 0) is 100 Å². The van der Waals surface area contributed by atoms with E-state index in [-0.39, 0.29) is 0 Å². The van der Waals surface area contributed by atoms with Crippen LogP contribution >= 0.6 is 0 Å². The second kappa shape index (κ2) is 13.1. The van der Waals surface area contributed by atoms with E-state index in [1.165, 1.54) is 10.8 Å². The zero-order chi connectivity index (χ0) is 37.0. The molecular formula is C52H33N3O. The van der Waals surface area contributed by atoms with Gasteiger partial charge in [0.1, 0.15) is 11.2 Å². The molecule has 0 radical (unpaired) electrons. The molecule has 4 heteroatoms. The second-order valence-electron chi connectivity index (χ2n) is 14.2. The predicted octanol–water partition coefficient (Wildman–Crippen LogP) is 14.3. The summed E-state index contributed by atoms with van der Waals surface area (Å²) in [7, 11) is 0. The van der Waals surface area contributed by atoms with E-state index in [1.807, 2.05) is 6.07 Å². The Hall–Kier alpha value is -7.56. The summed E-state index contributed by atoms with van der Waals surface area (Å²) in [6.45, 7) is 0. The first kappa shape index (κ1) is 31.9. The highest BCUT2D eigenvalue weighted by Gasteiger charge is 2.21. The molecule has 9 aromatic carbocycles. The second-order valence-corrected chi connectivity index (χ2v) is 14.2. The molecule has 11 rings (SSSR count). The van der Waals surface area contributed by atoms with Gasteiger partial charge in [0.15, 0.2) is 5.82 Å². The number of hydrogen-bond donors (Lipinski definition) is 0. The Morgan fingerprint density at radius 3 is 1.82 bits per heavy atom. The van der Waals surface area contributed by atoms with Crippen LogP contribution in [0.3, 0.4) is 0 Å². The Bertz CT molecular complexity index is 3240. The highest BCUT2D eigenvalue weighted by Crippen LogP contribution is 2.43. The highest BCUT2D eigenvalue weighted by atomic mass is 16.3. The molecule has 0 atom stereocenters. The van der Waals surface area contributed by atoms with Crippen LogP contribution in [0, 0.1) is 0 Å². The zero-order valence-electron chi connectivity index (χ0n) is 30.3. The molecule has 4 nitrogen and oxygen atoms in total. The average Bonchev–Trinajstić information content (AvgIpc) is 3.66. The van der Waals surface area contributed by atoms with Gasteiger partial charge in [-0.25, -0.2) is 9.97 Å². The summed E-state index contributed by atoms with van der Waals surface area (Å²) < 4.78 is 6.92. The van der Waals surface area contributed by atoms with Crippen LogP contribution in [0.1, 0.15) is 0 Å². The smallest absolute Gasteiger partial charge is 0.160 e. The summed E-state index contributed by atoms with van der Waals surface area (Å²) in [6, 6.07) is 70.3. The topological polar surface area (TPSA) is 42.2 Å². The van der Waals surface area contributed by atoms with Crippen molar-refractivity contribution >= 4 is 71.4 Å². The summed E-state index contributed by atoms with van der Waals surface area (Å²) in [5, 5.41) is 7.76. The Kier molecular flexibility index (Phi) is 7.46. The minimum atomic E-state index is 0.655. The average molecular weight is 716 g/mol. The molecule has 0 bridgehead atoms. The van der Waals surface area contributed by atoms with Crippen LogP contribution in [-0.2, 0) is 0 Å². The van der Waals surface area contributed by atoms with Crippen LogP contribution in [0.15, 0.2) is 205 Å². The maximum absolute atomic E-state index is 6.92. The van der Waals surface area contributed by atoms with Gasteiger partial charge < -0.3 is 9.32 Å². The number of nitrogens with zero attached hydrogens (tertiary/aromatic N) is 3. The SMILES string of the molecule is c1ccc(-c2cc(-c3nc(-c4ccc(N(c5ccccc5)c5ccc6ccccc6c5)cc4)nc4ccccc34)c3oc4c5ccccc5ccc4c3c2)cc1. The molecule has 0 aliphatic rings. The quantitative estimate of drug-likeness (QED) is 0.172. The molecule has 0 saturated heterocycles. The van der Waals surface area contributed by atoms with Crippen LogP contribution in [0.25, 0.3) is 88.2 Å². The van der Waals surface area contributed by atoms with Gasteiger partial charge in [0.2, 0.25) is 0 Å². The summed E-state index contributed by atoms with van der Waals surface area (Å²) in [6.07, 6.45) is 0. The van der Waals surface area contributed by atoms with Gasteiger partial charge in [0.25, 0.3) is 0 Å². The number of furan rings is 1. The summed E-state index contributed by atoms with van der Waals surface area (Å²) in [4.78, 5) is 12.8. The van der Waals surface area contributed by atoms with Gasteiger partial charge >= 0.3 is 0 Å². The molecule has 0 spiro atoms. The maximum Gasteiger partial charge on any atom is 0.160 e. The van der Waals surface area contributed by atoms with E-state index in [9.17, 15) is 0 Å². The molecule has 11 aromatic rings. The minimum absolute atomic E-state index is 0.655. The summed E-state index contributed by atoms with van der Waals surface area (Å²) in [5.41, 5.74) is 10.7. The molecule has 0 aliphatic heterocycles. The Morgan fingerprint density at radius 1 is 0.357 bits per heavy atom. The van der Waals surface area contributed by atoms with E-state index in [2.05, 4.69) is 199 Å². The number of aromatic nitrogens is 2. The van der Waals surface area contributed by atoms with Crippen molar-refractivity contribution in [2.24, 2.45) is 0 Å². The van der Waals surface area contributed by atoms with Crippen LogP contribution < -0.4 is 4.90 Å². The lowest BCUT2D eigenvalue weighted by molar-refractivity contribution is 0.673. The normalized spacial score (nSPS) is 11.6. The third kappa shape index (κ3) is 5.39. The van der Waals surface area contributed by atoms with Crippen molar-refractivity contribution in [3.8, 4) is 33.8 Å². The van der Waals surface area contributed by atoms with E-state index < -0.39 is 0 Å². The first-order valence-electron chi connectivity index (χ1n) is 18.9. The van der Waals surface area contributed by atoms with Crippen molar-refractivity contribution in [1.82, 2.24) is 9.97 Å². The number of para-hydroxylation sites is 2. The Labute approximate surface area is 323 Å². The monoisotopic (exact) mass is 715 g/mol. The lowest BCUT2D eigenvalue weighted by Gasteiger charge is -2.26. The number of hydrogen-bond acceptors (Lipinski definition) is 4. The molecule has 0 fully saturated rings. The molecule has 0 N–H and O–H groups in total. The Morgan fingerprint density at radius 2 is 1.00 bits per heavy atom. The van der Waals surface area contributed by atoms with Crippen LogP contribution in [0.2, 0.25) is 0 Å². The molecule has 0 unspecified atom stereocenters. The van der Waals surface area contributed by atoms with Crippen molar-refractivity contribution in [2.75, 3.05) is 4.90 Å². The van der Waals surface area contributed by atoms with Gasteiger partial charge in [-0.1, -0.05) is 127 Å². The lowest BCUT2D eigenvalue weighted by atomic mass is 9.96. The van der Waals surface area contributed by atoms with Gasteiger partial charge in [0, 0.05) is 49.7 Å². The standard InChI is InChI=1S/C52H33N3O/c1-3-13-34(14-4-1)39-32-46-44-30-26-36-16-9-10-20-43(36)50(44)56-51(46)47(33-39)49-45-21-11-12-22-48(45)53-52(54-49)37-24-27-41(28-25-37)55(40-18-5-2-6-19-40)42-29-23-35-15-7-8-17-38(35)31-42/h1-33H. The van der Waals surface area contributed by atoms with Crippen LogP contribution in [0.5, 0.6) is 0 Å². The molecule has 2 heterocycles. The fourth-order valence-electron chi connectivity index (χ4n) is 8.09. The van der Waals surface area contributed by atoms with Gasteiger partial charge in [-0.3, -0.25) is 0 Å². The molecule has 0 aliphatic carbocycles. The molecule has 2 aromatic heterocycles. The third-order valence-electron chi connectivity index (χ3n) is 10.8. The fourth-order valence-corrected chi connectivity index (χ4v) is 8.09. The first-order chi connectivity index (χ1) is 27.7. The number of fused-ring (bicyclic) bond motifs is 7. The molecule has 0 amide bonds. The number of anilines is 3. The van der Waals surface area contributed by atoms with Crippen LogP contribution in [-0.4, -0.2) is 9.97 Å². The van der Waals surface area contributed by atoms with Crippen molar-refractivity contribution in [3.05, 3.63) is 200 Å². The van der Waals surface area contributed by atoms with Gasteiger partial charge in [-0.15, -0.1) is 0 Å². The summed E-state index contributed by atoms with van der Waals surface area (Å²) >= 11 is 0. The number of benzene rings is 9. The van der Waals surface area contributed by atoms with Crippen molar-refractivity contribution in [2.45, 2.75) is 0 Å². The third-order valence-corrected chi connectivity index (χ3v) is 10.8. The lowest BCUT2D eigenvalue weighted by Crippen LogP contribution is -2.09. The molecule has 56 heavy (non-hydrogen) atoms. The van der Waals surface area contributed by atoms with E-state index >= 15 is 0 Å². The van der Waals surface area contributed by atoms with E-state index in [0.717, 1.165) is 88.6 Å². The molecule has 262 valence electrons. The van der Waals surface area contributed by atoms with E-state index in [4.69, 9.17) is 14.4 Å². The predicted molar refractivity (Wildman–Crippen MR) is 233 cm³/mol. The minimum Gasteiger partial charge on any atom is -0.455 e. The Balaban J connectivity index is 1.09. The largest absolute Gasteiger partial charge is 0.455 e. The van der Waals surface area contributed by atoms with Gasteiger partial charge in [0.05, 0.1) is 11.2 Å². The van der Waals surface area contributed by atoms with Crippen LogP contribution in [0.4, 0.5) is 17.1 Å². The zero-order valence-corrected chi connectivity index (χ0v) is 30.3. The van der Waals surface area contributed by atoms with Crippen molar-refractivity contribution in [3.63, 3.8) is 0 Å². The van der Waals surface area contributed by atoms with E-state index in [1.54, 1.807) is 0 Å². The van der Waals surface area contributed by atoms with E-state index in [0.29, 0.717) is 5.82 Å². The van der Waals surface area contributed by atoms with Gasteiger partial charge in [-0.2, -0.15) is 0 Å². The van der Waals surface area contributed by atoms with Crippen molar-refractivity contribution < 1.29 is 4.42 Å². The fraction of sp³-hybridized carbons (Fsp3) is 0. The number of rotatable bonds is 6. The first-order valence-corrected chi connectivity index (χ1v) is 18.9. The van der Waals surface area contributed by atoms with Crippen molar-refractivity contribution in [1.29, 1.82) is 0 Å². The summed E-state index contributed by atoms with van der Waals surface area (Å²) in [5.74, 6) is 0.655. The maximum atomic E-state index is 6.92. The molecular weight excluding hydrogens is 683 g/mol. The highest BCUT2D eigenvalue weighted by molar-refractivity contribution is 6.19. The molecule has 0 saturated carbocycles.